The van der Waals surface area contributed by atoms with Gasteiger partial charge in [-0.15, -0.1) is 0 Å². The Morgan fingerprint density at radius 2 is 1.65 bits per heavy atom. The van der Waals surface area contributed by atoms with Crippen LogP contribution in [0.1, 0.15) is 22.7 Å². The summed E-state index contributed by atoms with van der Waals surface area (Å²) >= 11 is 0. The van der Waals surface area contributed by atoms with E-state index in [-0.39, 0.29) is 11.3 Å². The molecule has 26 heavy (non-hydrogen) atoms. The first kappa shape index (κ1) is 17.5. The minimum atomic E-state index is -0.767. The molecule has 6 nitrogen and oxygen atoms in total. The van der Waals surface area contributed by atoms with Crippen LogP contribution >= 0.6 is 0 Å². The van der Waals surface area contributed by atoms with Crippen LogP contribution in [0.15, 0.2) is 48.0 Å². The molecule has 134 valence electrons. The Hall–Kier alpha value is -3.28. The second kappa shape index (κ2) is 6.92. The minimum Gasteiger partial charge on any atom is -0.507 e. The smallest absolute Gasteiger partial charge is 0.293 e. The molecule has 1 saturated heterocycles. The first-order valence-electron chi connectivity index (χ1n) is 8.03. The summed E-state index contributed by atoms with van der Waals surface area (Å²) in [5, 5.41) is 13.3. The fourth-order valence-electron chi connectivity index (χ4n) is 2.92. The summed E-state index contributed by atoms with van der Waals surface area (Å²) < 4.78 is 10.5. The molecule has 1 aliphatic heterocycles. The summed E-state index contributed by atoms with van der Waals surface area (Å²) in [6.07, 6.45) is 0. The second-order valence-corrected chi connectivity index (χ2v) is 5.98. The largest absolute Gasteiger partial charge is 0.507 e. The number of carbonyl (C=O) groups is 2. The summed E-state index contributed by atoms with van der Waals surface area (Å²) in [7, 11) is 3.02. The lowest BCUT2D eigenvalue weighted by molar-refractivity contribution is -0.133. The van der Waals surface area contributed by atoms with Gasteiger partial charge in [0.15, 0.2) is 11.5 Å². The van der Waals surface area contributed by atoms with E-state index in [2.05, 4.69) is 5.32 Å². The number of hydrogen-bond donors (Lipinski definition) is 2. The van der Waals surface area contributed by atoms with Crippen LogP contribution < -0.4 is 14.8 Å². The number of aryl methyl sites for hydroxylation is 1. The van der Waals surface area contributed by atoms with Gasteiger partial charge in [-0.25, -0.2) is 0 Å². The third kappa shape index (κ3) is 3.01. The third-order valence-electron chi connectivity index (χ3n) is 4.34. The van der Waals surface area contributed by atoms with Gasteiger partial charge in [0.05, 0.1) is 25.8 Å². The maximum Gasteiger partial charge on any atom is 0.293 e. The number of aliphatic hydroxyl groups excluding tert-OH is 1. The van der Waals surface area contributed by atoms with E-state index in [0.717, 1.165) is 5.56 Å². The monoisotopic (exact) mass is 353 g/mol. The summed E-state index contributed by atoms with van der Waals surface area (Å²) in [5.41, 5.74) is 2.12. The SMILES string of the molecule is COc1ccc([C@H]2NC(=O)C(=O)/C2=C(/O)c2ccc(C)cc2)cc1OC. The number of ether oxygens (including phenoxy) is 2. The van der Waals surface area contributed by atoms with E-state index in [1.807, 2.05) is 19.1 Å². The molecule has 0 aromatic heterocycles. The molecule has 3 rings (SSSR count). The number of nitrogens with one attached hydrogen (secondary N) is 1. The topological polar surface area (TPSA) is 84.9 Å². The molecule has 1 fully saturated rings. The zero-order valence-corrected chi connectivity index (χ0v) is 14.7. The van der Waals surface area contributed by atoms with Crippen LogP contribution in [0.2, 0.25) is 0 Å². The van der Waals surface area contributed by atoms with E-state index < -0.39 is 17.7 Å². The minimum absolute atomic E-state index is 0.0195. The van der Waals surface area contributed by atoms with Crippen molar-refractivity contribution in [3.05, 3.63) is 64.7 Å². The summed E-state index contributed by atoms with van der Waals surface area (Å²) in [5.74, 6) is -0.720. The molecule has 0 aliphatic carbocycles. The zero-order chi connectivity index (χ0) is 18.8. The van der Waals surface area contributed by atoms with E-state index in [0.29, 0.717) is 22.6 Å². The van der Waals surface area contributed by atoms with Crippen molar-refractivity contribution in [2.75, 3.05) is 14.2 Å². The van der Waals surface area contributed by atoms with Crippen molar-refractivity contribution >= 4 is 17.4 Å². The van der Waals surface area contributed by atoms with E-state index in [9.17, 15) is 14.7 Å². The Morgan fingerprint density at radius 1 is 1.00 bits per heavy atom. The van der Waals surface area contributed by atoms with Crippen LogP contribution in [0.4, 0.5) is 0 Å². The number of rotatable bonds is 4. The standard InChI is InChI=1S/C20H19NO5/c1-11-4-6-12(7-5-11)18(22)16-17(21-20(24)19(16)23)13-8-9-14(25-2)15(10-13)26-3/h4-10,17,22H,1-3H3,(H,21,24)/b18-16+/t17-/m1/s1. The first-order chi connectivity index (χ1) is 12.5. The number of hydrogen-bond acceptors (Lipinski definition) is 5. The van der Waals surface area contributed by atoms with Crippen LogP contribution in [-0.4, -0.2) is 31.0 Å². The number of benzene rings is 2. The van der Waals surface area contributed by atoms with Crippen molar-refractivity contribution in [2.24, 2.45) is 0 Å². The Labute approximate surface area is 151 Å². The second-order valence-electron chi connectivity index (χ2n) is 5.98. The van der Waals surface area contributed by atoms with Crippen molar-refractivity contribution in [3.63, 3.8) is 0 Å². The van der Waals surface area contributed by atoms with Crippen LogP contribution in [0.25, 0.3) is 5.76 Å². The molecule has 1 heterocycles. The van der Waals surface area contributed by atoms with Gasteiger partial charge in [0, 0.05) is 5.56 Å². The fourth-order valence-corrected chi connectivity index (χ4v) is 2.92. The molecule has 1 atom stereocenters. The Bertz CT molecular complexity index is 899. The van der Waals surface area contributed by atoms with Crippen LogP contribution in [0.3, 0.4) is 0 Å². The fraction of sp³-hybridized carbons (Fsp3) is 0.200. The summed E-state index contributed by atoms with van der Waals surface area (Å²) in [6.45, 7) is 1.92. The highest BCUT2D eigenvalue weighted by molar-refractivity contribution is 6.46. The predicted molar refractivity (Wildman–Crippen MR) is 96.2 cm³/mol. The Balaban J connectivity index is 2.11. The maximum atomic E-state index is 12.4. The van der Waals surface area contributed by atoms with Crippen molar-refractivity contribution in [1.82, 2.24) is 5.32 Å². The molecule has 6 heteroatoms. The van der Waals surface area contributed by atoms with Gasteiger partial charge in [0.2, 0.25) is 0 Å². The van der Waals surface area contributed by atoms with Gasteiger partial charge in [-0.2, -0.15) is 0 Å². The number of aliphatic hydroxyl groups is 1. The lowest BCUT2D eigenvalue weighted by Crippen LogP contribution is -2.21. The predicted octanol–water partition coefficient (Wildman–Crippen LogP) is 2.72. The molecule has 0 spiro atoms. The lowest BCUT2D eigenvalue weighted by Gasteiger charge is -2.16. The zero-order valence-electron chi connectivity index (χ0n) is 14.7. The Kier molecular flexibility index (Phi) is 4.67. The third-order valence-corrected chi connectivity index (χ3v) is 4.34. The van der Waals surface area contributed by atoms with Gasteiger partial charge in [0.25, 0.3) is 11.7 Å². The van der Waals surface area contributed by atoms with Crippen LogP contribution in [-0.2, 0) is 9.59 Å². The molecule has 0 radical (unpaired) electrons. The van der Waals surface area contributed by atoms with Crippen molar-refractivity contribution < 1.29 is 24.2 Å². The maximum absolute atomic E-state index is 12.4. The molecule has 0 bridgehead atoms. The van der Waals surface area contributed by atoms with Crippen molar-refractivity contribution in [1.29, 1.82) is 0 Å². The Morgan fingerprint density at radius 3 is 2.27 bits per heavy atom. The van der Waals surface area contributed by atoms with Gasteiger partial charge >= 0.3 is 0 Å². The average molecular weight is 353 g/mol. The highest BCUT2D eigenvalue weighted by atomic mass is 16.5. The molecule has 2 aromatic rings. The highest BCUT2D eigenvalue weighted by Crippen LogP contribution is 2.36. The molecular weight excluding hydrogens is 334 g/mol. The van der Waals surface area contributed by atoms with Gasteiger partial charge in [0.1, 0.15) is 5.76 Å². The highest BCUT2D eigenvalue weighted by Gasteiger charge is 2.39. The number of amides is 1. The molecule has 1 aliphatic rings. The first-order valence-corrected chi connectivity index (χ1v) is 8.03. The quantitative estimate of drug-likeness (QED) is 0.502. The number of Topliss-reactive ketones (excluding diaryl/α,β-unsaturated/α-hetero) is 1. The summed E-state index contributed by atoms with van der Waals surface area (Å²) in [6, 6.07) is 11.4. The van der Waals surface area contributed by atoms with Crippen molar-refractivity contribution in [2.45, 2.75) is 13.0 Å². The van der Waals surface area contributed by atoms with Gasteiger partial charge in [-0.1, -0.05) is 35.9 Å². The van der Waals surface area contributed by atoms with Gasteiger partial charge < -0.3 is 19.9 Å². The normalized spacial score (nSPS) is 18.5. The lowest BCUT2D eigenvalue weighted by atomic mass is 9.95. The van der Waals surface area contributed by atoms with E-state index in [4.69, 9.17) is 9.47 Å². The molecule has 1 amide bonds. The van der Waals surface area contributed by atoms with E-state index >= 15 is 0 Å². The molecular formula is C20H19NO5. The van der Waals surface area contributed by atoms with E-state index in [1.165, 1.54) is 14.2 Å². The number of carbonyl (C=O) groups excluding carboxylic acids is 2. The number of methoxy groups -OCH3 is 2. The summed E-state index contributed by atoms with van der Waals surface area (Å²) in [4.78, 5) is 24.3. The van der Waals surface area contributed by atoms with E-state index in [1.54, 1.807) is 30.3 Å². The van der Waals surface area contributed by atoms with Crippen molar-refractivity contribution in [3.8, 4) is 11.5 Å². The van der Waals surface area contributed by atoms with Crippen LogP contribution in [0.5, 0.6) is 11.5 Å². The van der Waals surface area contributed by atoms with Gasteiger partial charge in [-0.05, 0) is 24.6 Å². The van der Waals surface area contributed by atoms with Gasteiger partial charge in [-0.3, -0.25) is 9.59 Å². The average Bonchev–Trinajstić information content (AvgIpc) is 2.96. The molecule has 2 N–H and O–H groups in total. The molecule has 0 unspecified atom stereocenters. The van der Waals surface area contributed by atoms with Crippen LogP contribution in [0, 0.1) is 6.92 Å². The number of ketones is 1. The molecule has 0 saturated carbocycles. The molecule has 2 aromatic carbocycles.